The fourth-order valence-electron chi connectivity index (χ4n) is 14.3. The van der Waals surface area contributed by atoms with Gasteiger partial charge in [-0.3, -0.25) is 9.59 Å². The summed E-state index contributed by atoms with van der Waals surface area (Å²) in [5.41, 5.74) is 15.6. The molecule has 0 radical (unpaired) electrons. The monoisotopic (exact) mass is 2130 g/mol. The maximum Gasteiger partial charge on any atom is 0.194 e. The first kappa shape index (κ1) is 97.3. The lowest BCUT2D eigenvalue weighted by atomic mass is 9.63. The van der Waals surface area contributed by atoms with E-state index in [4.69, 9.17) is 74.8 Å². The highest BCUT2D eigenvalue weighted by atomic mass is 79.9. The van der Waals surface area contributed by atoms with Gasteiger partial charge in [0.15, 0.2) is 11.6 Å². The van der Waals surface area contributed by atoms with Crippen LogP contribution in [0.25, 0.3) is 43.8 Å². The lowest BCUT2D eigenvalue weighted by Crippen LogP contribution is -2.44. The predicted octanol–water partition coefficient (Wildman–Crippen LogP) is 32.7. The second kappa shape index (κ2) is 43.7. The van der Waals surface area contributed by atoms with Crippen molar-refractivity contribution in [2.24, 2.45) is 0 Å². The molecule has 0 heterocycles. The normalized spacial score (nSPS) is 14.0. The van der Waals surface area contributed by atoms with Gasteiger partial charge < -0.3 is 21.3 Å². The third-order valence-corrected chi connectivity index (χ3v) is 28.0. The van der Waals surface area contributed by atoms with Crippen LogP contribution >= 0.6 is 149 Å². The van der Waals surface area contributed by atoms with Crippen molar-refractivity contribution in [2.45, 2.75) is 70.1 Å². The Balaban J connectivity index is 0.000000148. The summed E-state index contributed by atoms with van der Waals surface area (Å²) < 4.78 is 4.86. The first-order chi connectivity index (χ1) is 59.4. The Bertz CT molecular complexity index is 6430. The van der Waals surface area contributed by atoms with E-state index in [0.717, 1.165) is 65.6 Å². The maximum absolute atomic E-state index is 12.3. The zero-order valence-electron chi connectivity index (χ0n) is 70.0. The van der Waals surface area contributed by atoms with E-state index in [0.29, 0.717) is 65.7 Å². The second-order valence-corrected chi connectivity index (χ2v) is 57.0. The molecule has 0 spiro atoms. The highest BCUT2D eigenvalue weighted by molar-refractivity contribution is 9.11. The number of benzene rings is 16. The van der Waals surface area contributed by atoms with Gasteiger partial charge in [-0.1, -0.05) is 401 Å². The van der Waals surface area contributed by atoms with Crippen molar-refractivity contribution in [3.05, 3.63) is 461 Å². The first-order valence-electron chi connectivity index (χ1n) is 40.0. The Hall–Kier alpha value is -8.31. The number of carbonyl (C=O) groups excluding carboxylic acids is 2. The van der Waals surface area contributed by atoms with Crippen molar-refractivity contribution in [2.75, 3.05) is 11.1 Å². The van der Waals surface area contributed by atoms with E-state index in [1.165, 1.54) is 43.0 Å². The average Bonchev–Trinajstić information content (AvgIpc) is 0.691. The Kier molecular flexibility index (Phi) is 34.0. The van der Waals surface area contributed by atoms with Crippen molar-refractivity contribution in [1.82, 2.24) is 0 Å². The molecule has 125 heavy (non-hydrogen) atoms. The van der Waals surface area contributed by atoms with Crippen LogP contribution in [-0.4, -0.2) is 45.3 Å². The molecule has 2 aliphatic carbocycles. The summed E-state index contributed by atoms with van der Waals surface area (Å²) in [5, 5.41) is 39.0. The second-order valence-electron chi connectivity index (χ2n) is 32.6. The fraction of sp³-hybridized carbons (Fsp3) is 0.105. The summed E-state index contributed by atoms with van der Waals surface area (Å²) in [6, 6.07) is 115. The largest absolute Gasteiger partial charge is 0.399 e. The number of nitrogen functional groups attached to an aromatic ring is 1. The van der Waals surface area contributed by atoms with Crippen molar-refractivity contribution in [1.29, 1.82) is 0 Å². The van der Waals surface area contributed by atoms with Crippen molar-refractivity contribution in [3.8, 4) is 22.3 Å². The van der Waals surface area contributed by atoms with E-state index in [9.17, 15) is 19.8 Å². The van der Waals surface area contributed by atoms with Crippen molar-refractivity contribution < 1.29 is 19.8 Å². The molecular weight excluding hydrogens is 2050 g/mol. The standard InChI is InChI=1S/C26H17BrCl2O2.C26H15BrCl2.C15H19NSi.C14H7BrO2.C9H13ClSi.C6H4Br2.C6H7N.C3H9ClSi/c27-18-11-12-23-24(15-18)26(31,17-6-4-8-20(29)14-17)22-10-2-1-9-21(22)25(23,30)16-5-3-7-19(28)13-16;27-18-11-12-23-24(15-18)26(17-6-4-8-20(29)14-17)22-10-2-1-9-21(22)25(23)16-5-3-7-19(28)13-16;1-17(2,3)15-11-9-14(10-12-15)16-13-7-5-4-6-8-13;15-8-5-6-11-12(7-8)14(17)10-4-2-1-3-9(10)13(11)16;1-11(2,3)9-6-4-8(10)5-7-9;7-5-1-2-6(8)4-3-5;7-6-4-2-1-3-5-6;1-5(2,3)4/h1-15,30-31H;1-15H;4-12,16H,1-3H3;1-7H;4-7H,1-3H3;1-4H;1-5H,7H2;1-3H3. The predicted molar refractivity (Wildman–Crippen MR) is 561 cm³/mol. The molecular formula is C105H91Br5Cl6N2O4Si3. The Labute approximate surface area is 808 Å². The van der Waals surface area contributed by atoms with Gasteiger partial charge in [-0.2, -0.15) is 11.1 Å². The van der Waals surface area contributed by atoms with Gasteiger partial charge in [0.1, 0.15) is 18.6 Å². The summed E-state index contributed by atoms with van der Waals surface area (Å²) in [4.78, 5) is 24.4. The summed E-state index contributed by atoms with van der Waals surface area (Å²) in [7, 11) is -3.43. The molecule has 2 atom stereocenters. The van der Waals surface area contributed by atoms with Crippen LogP contribution in [0.1, 0.15) is 65.2 Å². The van der Waals surface area contributed by atoms with Gasteiger partial charge >= 0.3 is 0 Å². The highest BCUT2D eigenvalue weighted by Gasteiger charge is 2.51. The SMILES string of the molecule is Brc1ccc(Br)cc1.C[Si](C)(C)Cl.C[Si](C)(C)c1ccc(Cl)cc1.C[Si](C)(C)c1ccc(Nc2ccccc2)cc1.Clc1cccc(-c2c3ccccc3c(-c3cccc(Cl)c3)c3cc(Br)ccc23)c1.Nc1ccccc1.O=C1c2ccccc2C(=O)c2cc(Br)ccc21.OC1(c2cccc(Cl)c2)c2ccccc2C(O)(c2cccc(Cl)c2)c2cc(Br)ccc21. The van der Waals surface area contributed by atoms with E-state index in [-0.39, 0.29) is 11.6 Å². The molecule has 0 fully saturated rings. The van der Waals surface area contributed by atoms with Gasteiger partial charge in [0.25, 0.3) is 0 Å². The first-order valence-corrected chi connectivity index (χ1v) is 57.4. The molecule has 634 valence electrons. The van der Waals surface area contributed by atoms with Crippen LogP contribution in [0, 0.1) is 0 Å². The lowest BCUT2D eigenvalue weighted by molar-refractivity contribution is 0.0747. The van der Waals surface area contributed by atoms with Crippen molar-refractivity contribution >= 4 is 233 Å². The average molecular weight is 2140 g/mol. The van der Waals surface area contributed by atoms with E-state index < -0.39 is 34.7 Å². The number of nitrogens with one attached hydrogen (secondary N) is 1. The molecule has 2 aliphatic rings. The molecule has 20 heteroatoms. The summed E-state index contributed by atoms with van der Waals surface area (Å²) in [6.45, 7) is 20.4. The Morgan fingerprint density at radius 1 is 0.296 bits per heavy atom. The van der Waals surface area contributed by atoms with Gasteiger partial charge in [-0.25, -0.2) is 0 Å². The minimum absolute atomic E-state index is 0.0808. The number of hydrogen-bond acceptors (Lipinski definition) is 6. The third-order valence-electron chi connectivity index (χ3n) is 20.2. The maximum atomic E-state index is 12.3. The van der Waals surface area contributed by atoms with Crippen LogP contribution in [-0.2, 0) is 11.2 Å². The van der Waals surface area contributed by atoms with Crippen LogP contribution in [0.2, 0.25) is 84.0 Å². The summed E-state index contributed by atoms with van der Waals surface area (Å²) >= 11 is 53.9. The minimum atomic E-state index is -1.51. The molecule has 5 N–H and O–H groups in total. The van der Waals surface area contributed by atoms with E-state index in [2.05, 4.69) is 247 Å². The zero-order valence-corrected chi connectivity index (χ0v) is 85.5. The Morgan fingerprint density at radius 3 is 1.10 bits per heavy atom. The molecule has 0 saturated heterocycles. The van der Waals surface area contributed by atoms with E-state index in [1.54, 1.807) is 66.7 Å². The molecule has 0 amide bonds. The van der Waals surface area contributed by atoms with Crippen LogP contribution < -0.4 is 21.4 Å². The number of para-hydroxylation sites is 2. The molecule has 0 aliphatic heterocycles. The van der Waals surface area contributed by atoms with Gasteiger partial charge in [0, 0.05) is 92.4 Å². The zero-order chi connectivity index (χ0) is 90.1. The molecule has 0 bridgehead atoms. The van der Waals surface area contributed by atoms with Crippen LogP contribution in [0.3, 0.4) is 0 Å². The molecule has 18 rings (SSSR count). The smallest absolute Gasteiger partial charge is 0.194 e. The topological polar surface area (TPSA) is 113 Å². The highest BCUT2D eigenvalue weighted by Crippen LogP contribution is 2.54. The molecule has 2 unspecified atom stereocenters. The third kappa shape index (κ3) is 25.6. The lowest BCUT2D eigenvalue weighted by Gasteiger charge is -2.45. The van der Waals surface area contributed by atoms with E-state index in [1.807, 2.05) is 188 Å². The van der Waals surface area contributed by atoms with Crippen LogP contribution in [0.4, 0.5) is 17.1 Å². The number of nitrogens with two attached hydrogens (primary N) is 1. The molecule has 0 aromatic heterocycles. The Morgan fingerprint density at radius 2 is 0.640 bits per heavy atom. The molecule has 6 nitrogen and oxygen atoms in total. The van der Waals surface area contributed by atoms with Gasteiger partial charge in [-0.05, 0) is 235 Å². The summed E-state index contributed by atoms with van der Waals surface area (Å²) in [6.07, 6.45) is 0. The van der Waals surface area contributed by atoms with Gasteiger partial charge in [0.2, 0.25) is 0 Å². The number of aliphatic hydroxyl groups is 2. The molecule has 16 aromatic carbocycles. The van der Waals surface area contributed by atoms with Gasteiger partial charge in [-0.15, -0.1) is 0 Å². The van der Waals surface area contributed by atoms with Crippen molar-refractivity contribution in [3.63, 3.8) is 0 Å². The quantitative estimate of drug-likeness (QED) is 0.0522. The number of carbonyl (C=O) groups is 2. The van der Waals surface area contributed by atoms with Crippen LogP contribution in [0.5, 0.6) is 0 Å². The molecule has 0 saturated carbocycles. The number of halogens is 11. The minimum Gasteiger partial charge on any atom is -0.399 e. The fourth-order valence-corrected chi connectivity index (χ4v) is 19.1. The van der Waals surface area contributed by atoms with Gasteiger partial charge in [0.05, 0.1) is 16.1 Å². The number of ketones is 2. The van der Waals surface area contributed by atoms with Crippen LogP contribution in [0.15, 0.2) is 380 Å². The summed E-state index contributed by atoms with van der Waals surface area (Å²) in [5.74, 6) is -0.167. The molecule has 16 aromatic rings. The number of rotatable bonds is 8. The number of anilines is 3. The number of fused-ring (bicyclic) bond motifs is 6. The number of hydrogen-bond donors (Lipinski definition) is 4. The van der Waals surface area contributed by atoms with E-state index >= 15 is 0 Å².